The van der Waals surface area contributed by atoms with E-state index in [1.165, 1.54) is 0 Å². The molecule has 3 heterocycles. The fourth-order valence-corrected chi connectivity index (χ4v) is 4.13. The second kappa shape index (κ2) is 8.14. The average Bonchev–Trinajstić information content (AvgIpc) is 3.00. The quantitative estimate of drug-likeness (QED) is 0.883. The summed E-state index contributed by atoms with van der Waals surface area (Å²) < 4.78 is 7.41. The van der Waals surface area contributed by atoms with Crippen molar-refractivity contribution in [3.8, 4) is 0 Å². The van der Waals surface area contributed by atoms with Crippen molar-refractivity contribution in [2.24, 2.45) is 0 Å². The normalized spacial score (nSPS) is 21.2. The van der Waals surface area contributed by atoms with Gasteiger partial charge in [0.25, 0.3) is 5.91 Å². The Kier molecular flexibility index (Phi) is 5.43. The Morgan fingerprint density at radius 2 is 1.96 bits per heavy atom. The first-order valence-corrected chi connectivity index (χ1v) is 9.89. The van der Waals surface area contributed by atoms with Crippen LogP contribution in [0.5, 0.6) is 0 Å². The number of nitrogens with one attached hydrogen (secondary N) is 1. The van der Waals surface area contributed by atoms with Crippen molar-refractivity contribution in [2.45, 2.75) is 38.3 Å². The molecular weight excluding hydrogens is 356 g/mol. The van der Waals surface area contributed by atoms with Crippen molar-refractivity contribution in [1.82, 2.24) is 20.0 Å². The highest BCUT2D eigenvalue weighted by molar-refractivity contribution is 5.96. The molecule has 2 aromatic rings. The van der Waals surface area contributed by atoms with Gasteiger partial charge >= 0.3 is 0 Å². The first kappa shape index (κ1) is 18.7. The molecule has 148 valence electrons. The molecule has 4 rings (SSSR count). The summed E-state index contributed by atoms with van der Waals surface area (Å²) in [5.41, 5.74) is 2.47. The second-order valence-electron chi connectivity index (χ2n) is 7.41. The molecule has 0 radical (unpaired) electrons. The molecule has 1 unspecified atom stereocenters. The standard InChI is InChI=1S/C21H26N4O3/c1-15-18(14-23-25(15)17-7-11-28-12-8-17)21(27)24-10-9-22-20(26)13-19(24)16-5-3-2-4-6-16/h2-6,14,17,19H,7-13H2,1H3,(H,22,26). The van der Waals surface area contributed by atoms with E-state index in [1.54, 1.807) is 6.20 Å². The van der Waals surface area contributed by atoms with Crippen LogP contribution >= 0.6 is 0 Å². The van der Waals surface area contributed by atoms with Crippen LogP contribution in [0.25, 0.3) is 0 Å². The Bertz CT molecular complexity index is 843. The van der Waals surface area contributed by atoms with E-state index >= 15 is 0 Å². The van der Waals surface area contributed by atoms with Crippen molar-refractivity contribution in [2.75, 3.05) is 26.3 Å². The third-order valence-corrected chi connectivity index (χ3v) is 5.69. The minimum Gasteiger partial charge on any atom is -0.381 e. The van der Waals surface area contributed by atoms with Crippen LogP contribution in [-0.4, -0.2) is 52.8 Å². The van der Waals surface area contributed by atoms with E-state index in [2.05, 4.69) is 10.4 Å². The fourth-order valence-electron chi connectivity index (χ4n) is 4.13. The minimum absolute atomic E-state index is 0.0289. The molecular formula is C21H26N4O3. The average molecular weight is 382 g/mol. The number of ether oxygens (including phenoxy) is 1. The lowest BCUT2D eigenvalue weighted by atomic mass is 10.0. The molecule has 2 amide bonds. The molecule has 7 heteroatoms. The first-order chi connectivity index (χ1) is 13.6. The number of hydrogen-bond donors (Lipinski definition) is 1. The third kappa shape index (κ3) is 3.67. The number of hydrogen-bond acceptors (Lipinski definition) is 4. The molecule has 0 bridgehead atoms. The van der Waals surface area contributed by atoms with Crippen molar-refractivity contribution in [1.29, 1.82) is 0 Å². The molecule has 1 N–H and O–H groups in total. The summed E-state index contributed by atoms with van der Waals surface area (Å²) >= 11 is 0. The van der Waals surface area contributed by atoms with Crippen LogP contribution < -0.4 is 5.32 Å². The van der Waals surface area contributed by atoms with Gasteiger partial charge in [0.2, 0.25) is 5.91 Å². The summed E-state index contributed by atoms with van der Waals surface area (Å²) in [5.74, 6) is -0.0973. The smallest absolute Gasteiger partial charge is 0.257 e. The molecule has 1 aromatic carbocycles. The van der Waals surface area contributed by atoms with Gasteiger partial charge in [0.1, 0.15) is 0 Å². The molecule has 0 saturated carbocycles. The first-order valence-electron chi connectivity index (χ1n) is 9.89. The largest absolute Gasteiger partial charge is 0.381 e. The summed E-state index contributed by atoms with van der Waals surface area (Å²) in [6.07, 6.45) is 3.76. The maximum absolute atomic E-state index is 13.5. The fraction of sp³-hybridized carbons (Fsp3) is 0.476. The van der Waals surface area contributed by atoms with E-state index in [4.69, 9.17) is 4.74 Å². The molecule has 1 aromatic heterocycles. The predicted molar refractivity (Wildman–Crippen MR) is 104 cm³/mol. The van der Waals surface area contributed by atoms with Crippen molar-refractivity contribution < 1.29 is 14.3 Å². The van der Waals surface area contributed by atoms with E-state index in [1.807, 2.05) is 46.8 Å². The number of rotatable bonds is 3. The molecule has 2 aliphatic heterocycles. The van der Waals surface area contributed by atoms with Crippen LogP contribution in [0.15, 0.2) is 36.5 Å². The molecule has 0 aliphatic carbocycles. The van der Waals surface area contributed by atoms with E-state index in [9.17, 15) is 9.59 Å². The van der Waals surface area contributed by atoms with Crippen molar-refractivity contribution >= 4 is 11.8 Å². The van der Waals surface area contributed by atoms with Gasteiger partial charge in [0, 0.05) is 32.0 Å². The van der Waals surface area contributed by atoms with Gasteiger partial charge in [-0.3, -0.25) is 14.3 Å². The highest BCUT2D eigenvalue weighted by Crippen LogP contribution is 2.29. The molecule has 7 nitrogen and oxygen atoms in total. The molecule has 2 fully saturated rings. The number of benzene rings is 1. The lowest BCUT2D eigenvalue weighted by molar-refractivity contribution is -0.121. The van der Waals surface area contributed by atoms with Crippen LogP contribution in [0.1, 0.15) is 53.0 Å². The Hall–Kier alpha value is -2.67. The highest BCUT2D eigenvalue weighted by atomic mass is 16.5. The zero-order valence-corrected chi connectivity index (χ0v) is 16.1. The molecule has 28 heavy (non-hydrogen) atoms. The van der Waals surface area contributed by atoms with Crippen molar-refractivity contribution in [3.05, 3.63) is 53.3 Å². The second-order valence-corrected chi connectivity index (χ2v) is 7.41. The third-order valence-electron chi connectivity index (χ3n) is 5.69. The number of carbonyl (C=O) groups excluding carboxylic acids is 2. The summed E-state index contributed by atoms with van der Waals surface area (Å²) in [7, 11) is 0. The summed E-state index contributed by atoms with van der Waals surface area (Å²) in [4.78, 5) is 27.5. The van der Waals surface area contributed by atoms with Crippen LogP contribution in [0, 0.1) is 6.92 Å². The van der Waals surface area contributed by atoms with Gasteiger partial charge in [-0.2, -0.15) is 5.10 Å². The van der Waals surface area contributed by atoms with Gasteiger partial charge in [-0.25, -0.2) is 0 Å². The van der Waals surface area contributed by atoms with Gasteiger partial charge in [-0.15, -0.1) is 0 Å². The highest BCUT2D eigenvalue weighted by Gasteiger charge is 2.32. The zero-order chi connectivity index (χ0) is 19.5. The zero-order valence-electron chi connectivity index (χ0n) is 16.1. The summed E-state index contributed by atoms with van der Waals surface area (Å²) in [6, 6.07) is 9.76. The Balaban J connectivity index is 1.63. The monoisotopic (exact) mass is 382 g/mol. The van der Waals surface area contributed by atoms with Gasteiger partial charge in [0.05, 0.1) is 30.3 Å². The minimum atomic E-state index is -0.276. The van der Waals surface area contributed by atoms with E-state index in [-0.39, 0.29) is 30.3 Å². The molecule has 1 atom stereocenters. The Morgan fingerprint density at radius 3 is 2.71 bits per heavy atom. The van der Waals surface area contributed by atoms with Crippen LogP contribution in [-0.2, 0) is 9.53 Å². The Morgan fingerprint density at radius 1 is 1.21 bits per heavy atom. The number of amides is 2. The van der Waals surface area contributed by atoms with E-state index < -0.39 is 0 Å². The van der Waals surface area contributed by atoms with Gasteiger partial charge in [0.15, 0.2) is 0 Å². The lowest BCUT2D eigenvalue weighted by Gasteiger charge is -2.29. The number of aromatic nitrogens is 2. The molecule has 2 aliphatic rings. The van der Waals surface area contributed by atoms with E-state index in [0.717, 1.165) is 37.3 Å². The van der Waals surface area contributed by atoms with E-state index in [0.29, 0.717) is 18.7 Å². The summed E-state index contributed by atoms with van der Waals surface area (Å²) in [6.45, 7) is 4.34. The summed E-state index contributed by atoms with van der Waals surface area (Å²) in [5, 5.41) is 7.41. The van der Waals surface area contributed by atoms with Gasteiger partial charge < -0.3 is 15.0 Å². The molecule has 0 spiro atoms. The Labute approximate surface area is 164 Å². The van der Waals surface area contributed by atoms with Gasteiger partial charge in [-0.1, -0.05) is 30.3 Å². The lowest BCUT2D eigenvalue weighted by Crippen LogP contribution is -2.36. The maximum Gasteiger partial charge on any atom is 0.257 e. The number of carbonyl (C=O) groups is 2. The van der Waals surface area contributed by atoms with Crippen LogP contribution in [0.3, 0.4) is 0 Å². The van der Waals surface area contributed by atoms with Crippen LogP contribution in [0.4, 0.5) is 0 Å². The SMILES string of the molecule is Cc1c(C(=O)N2CCNC(=O)CC2c2ccccc2)cnn1C1CCOCC1. The van der Waals surface area contributed by atoms with Gasteiger partial charge in [-0.05, 0) is 25.3 Å². The number of nitrogens with zero attached hydrogens (tertiary/aromatic N) is 3. The predicted octanol–water partition coefficient (Wildman–Crippen LogP) is 2.25. The molecule has 2 saturated heterocycles. The topological polar surface area (TPSA) is 76.5 Å². The van der Waals surface area contributed by atoms with Crippen LogP contribution in [0.2, 0.25) is 0 Å². The van der Waals surface area contributed by atoms with Crippen molar-refractivity contribution in [3.63, 3.8) is 0 Å². The maximum atomic E-state index is 13.5.